The highest BCUT2D eigenvalue weighted by Crippen LogP contribution is 2.56. The number of fused-ring (bicyclic) bond motifs is 3. The second-order valence-electron chi connectivity index (χ2n) is 7.78. The summed E-state index contributed by atoms with van der Waals surface area (Å²) in [6, 6.07) is 8.49. The van der Waals surface area contributed by atoms with Crippen molar-refractivity contribution in [3.8, 4) is 0 Å². The highest BCUT2D eigenvalue weighted by Gasteiger charge is 2.52. The third kappa shape index (κ3) is 1.68. The summed E-state index contributed by atoms with van der Waals surface area (Å²) in [7, 11) is 0. The fourth-order valence-corrected chi connectivity index (χ4v) is 5.71. The molecule has 5 rings (SSSR count). The zero-order chi connectivity index (χ0) is 16.5. The van der Waals surface area contributed by atoms with Crippen molar-refractivity contribution < 1.29 is 9.90 Å². The van der Waals surface area contributed by atoms with Crippen molar-refractivity contribution in [2.24, 2.45) is 5.41 Å². The van der Waals surface area contributed by atoms with Gasteiger partial charge in [-0.3, -0.25) is 14.3 Å². The van der Waals surface area contributed by atoms with E-state index in [1.165, 1.54) is 23.1 Å². The summed E-state index contributed by atoms with van der Waals surface area (Å²) in [5.41, 5.74) is 3.52. The molecule has 24 heavy (non-hydrogen) atoms. The van der Waals surface area contributed by atoms with Crippen LogP contribution < -0.4 is 0 Å². The van der Waals surface area contributed by atoms with E-state index < -0.39 is 6.10 Å². The zero-order valence-corrected chi connectivity index (χ0v) is 14.2. The molecule has 0 bridgehead atoms. The van der Waals surface area contributed by atoms with Crippen molar-refractivity contribution in [3.05, 3.63) is 35.5 Å². The van der Waals surface area contributed by atoms with Gasteiger partial charge in [-0.2, -0.15) is 0 Å². The topological polar surface area (TPSA) is 45.5 Å². The van der Waals surface area contributed by atoms with Crippen LogP contribution in [0.5, 0.6) is 0 Å². The summed E-state index contributed by atoms with van der Waals surface area (Å²) in [4.78, 5) is 15.7. The molecule has 0 amide bonds. The summed E-state index contributed by atoms with van der Waals surface area (Å²) >= 11 is 0. The average Bonchev–Trinajstić information content (AvgIpc) is 2.90. The maximum absolute atomic E-state index is 13.1. The number of para-hydroxylation sites is 1. The van der Waals surface area contributed by atoms with Gasteiger partial charge in [-0.15, -0.1) is 0 Å². The van der Waals surface area contributed by atoms with Gasteiger partial charge in [0.2, 0.25) is 0 Å². The number of aromatic nitrogens is 1. The number of hydrogen-bond donors (Lipinski definition) is 1. The minimum absolute atomic E-state index is 0.0190. The molecule has 126 valence electrons. The number of piperidine rings is 1. The molecule has 3 atom stereocenters. The summed E-state index contributed by atoms with van der Waals surface area (Å²) in [6.45, 7) is 4.41. The Hall–Kier alpha value is -1.65. The van der Waals surface area contributed by atoms with E-state index >= 15 is 0 Å². The number of nitrogens with zero attached hydrogens (tertiary/aromatic N) is 2. The first-order chi connectivity index (χ1) is 11.7. The van der Waals surface area contributed by atoms with Crippen LogP contribution in [0.1, 0.15) is 54.7 Å². The fourth-order valence-electron chi connectivity index (χ4n) is 5.71. The molecule has 2 aromatic rings. The van der Waals surface area contributed by atoms with E-state index in [9.17, 15) is 9.90 Å². The van der Waals surface area contributed by atoms with Gasteiger partial charge in [0, 0.05) is 17.6 Å². The van der Waals surface area contributed by atoms with Crippen LogP contribution in [-0.4, -0.2) is 39.7 Å². The highest BCUT2D eigenvalue weighted by molar-refractivity contribution is 5.98. The maximum Gasteiger partial charge on any atom is 0.260 e. The van der Waals surface area contributed by atoms with Gasteiger partial charge in [0.25, 0.3) is 5.91 Å². The maximum atomic E-state index is 13.1. The molecule has 0 spiro atoms. The van der Waals surface area contributed by atoms with Crippen molar-refractivity contribution in [1.82, 2.24) is 9.47 Å². The van der Waals surface area contributed by atoms with Gasteiger partial charge in [0.05, 0.1) is 11.6 Å². The second-order valence-corrected chi connectivity index (χ2v) is 7.78. The Kier molecular flexibility index (Phi) is 3.01. The molecule has 3 aliphatic heterocycles. The highest BCUT2D eigenvalue weighted by atomic mass is 16.3. The molecule has 0 saturated carbocycles. The minimum atomic E-state index is -0.893. The molecule has 1 N–H and O–H groups in total. The van der Waals surface area contributed by atoms with E-state index in [1.807, 2.05) is 16.7 Å². The van der Waals surface area contributed by atoms with Crippen LogP contribution in [-0.2, 0) is 6.42 Å². The predicted octanol–water partition coefficient (Wildman–Crippen LogP) is 3.14. The molecule has 1 aromatic carbocycles. The Labute approximate surface area is 142 Å². The number of benzene rings is 1. The number of rotatable bonds is 1. The Balaban J connectivity index is 1.89. The molecule has 3 aliphatic rings. The van der Waals surface area contributed by atoms with Crippen LogP contribution in [0.15, 0.2) is 24.3 Å². The van der Waals surface area contributed by atoms with Crippen molar-refractivity contribution in [3.63, 3.8) is 0 Å². The van der Waals surface area contributed by atoms with Crippen LogP contribution in [0.25, 0.3) is 10.9 Å². The number of aliphatic hydroxyl groups excluding tert-OH is 1. The Morgan fingerprint density at radius 2 is 2.12 bits per heavy atom. The molecule has 1 saturated heterocycles. The van der Waals surface area contributed by atoms with E-state index in [-0.39, 0.29) is 17.4 Å². The van der Waals surface area contributed by atoms with Crippen LogP contribution in [0.3, 0.4) is 0 Å². The molecule has 4 nitrogen and oxygen atoms in total. The van der Waals surface area contributed by atoms with Gasteiger partial charge in [-0.1, -0.05) is 25.1 Å². The monoisotopic (exact) mass is 324 g/mol. The smallest absolute Gasteiger partial charge is 0.260 e. The number of carbonyl (C=O) groups excluding carboxylic acids is 1. The lowest BCUT2D eigenvalue weighted by molar-refractivity contribution is -0.0237. The standard InChI is InChI=1S/C20H24N2O2/c1-2-20-9-5-10-21-11-8-14-13-6-3-4-7-15(13)22(17(14)18(20)21)19(24)16(23)12-20/h3-4,6-7,16,18,23H,2,5,8-12H2,1H3/t16?,18-,20-/m0/s1. The summed E-state index contributed by atoms with van der Waals surface area (Å²) in [5.74, 6) is -0.128. The Morgan fingerprint density at radius 3 is 2.96 bits per heavy atom. The summed E-state index contributed by atoms with van der Waals surface area (Å²) in [6.07, 6.45) is 3.99. The first kappa shape index (κ1) is 14.7. The number of aliphatic hydroxyl groups is 1. The first-order valence-electron chi connectivity index (χ1n) is 9.25. The summed E-state index contributed by atoms with van der Waals surface area (Å²) < 4.78 is 1.87. The molecular weight excluding hydrogens is 300 g/mol. The quantitative estimate of drug-likeness (QED) is 0.876. The van der Waals surface area contributed by atoms with Crippen LogP contribution in [0.4, 0.5) is 0 Å². The zero-order valence-electron chi connectivity index (χ0n) is 14.2. The van der Waals surface area contributed by atoms with Gasteiger partial charge in [0.15, 0.2) is 0 Å². The second kappa shape index (κ2) is 4.93. The Morgan fingerprint density at radius 1 is 1.29 bits per heavy atom. The van der Waals surface area contributed by atoms with Crippen LogP contribution in [0, 0.1) is 5.41 Å². The lowest BCUT2D eigenvalue weighted by Crippen LogP contribution is -2.49. The van der Waals surface area contributed by atoms with E-state index in [2.05, 4.69) is 24.0 Å². The molecule has 1 unspecified atom stereocenters. The molecular formula is C20H24N2O2. The first-order valence-corrected chi connectivity index (χ1v) is 9.25. The van der Waals surface area contributed by atoms with Gasteiger partial charge >= 0.3 is 0 Å². The van der Waals surface area contributed by atoms with Crippen LogP contribution in [0.2, 0.25) is 0 Å². The van der Waals surface area contributed by atoms with E-state index in [1.54, 1.807) is 0 Å². The average molecular weight is 324 g/mol. The summed E-state index contributed by atoms with van der Waals surface area (Å²) in [5, 5.41) is 11.9. The molecule has 0 radical (unpaired) electrons. The van der Waals surface area contributed by atoms with Crippen molar-refractivity contribution in [1.29, 1.82) is 0 Å². The van der Waals surface area contributed by atoms with E-state index in [0.29, 0.717) is 6.42 Å². The fraction of sp³-hybridized carbons (Fsp3) is 0.550. The predicted molar refractivity (Wildman–Crippen MR) is 93.2 cm³/mol. The van der Waals surface area contributed by atoms with Gasteiger partial charge in [-0.05, 0) is 55.7 Å². The van der Waals surface area contributed by atoms with E-state index in [0.717, 1.165) is 37.9 Å². The SMILES string of the molecule is CC[C@]12CCCN3CCc4c(n(c5ccccc45)C(=O)C(O)C1)[C@H]32. The van der Waals surface area contributed by atoms with Gasteiger partial charge in [-0.25, -0.2) is 0 Å². The van der Waals surface area contributed by atoms with Crippen LogP contribution >= 0.6 is 0 Å². The molecule has 4 heterocycles. The molecule has 0 aliphatic carbocycles. The lowest BCUT2D eigenvalue weighted by Gasteiger charge is -2.51. The molecule has 1 aromatic heterocycles. The molecule has 1 fully saturated rings. The Bertz CT molecular complexity index is 840. The van der Waals surface area contributed by atoms with Crippen molar-refractivity contribution in [2.75, 3.05) is 13.1 Å². The normalized spacial score (nSPS) is 32.7. The van der Waals surface area contributed by atoms with E-state index in [4.69, 9.17) is 0 Å². The van der Waals surface area contributed by atoms with Crippen molar-refractivity contribution >= 4 is 16.8 Å². The third-order valence-corrected chi connectivity index (χ3v) is 6.80. The van der Waals surface area contributed by atoms with Gasteiger partial charge < -0.3 is 5.11 Å². The minimum Gasteiger partial charge on any atom is -0.383 e. The largest absolute Gasteiger partial charge is 0.383 e. The number of carbonyl (C=O) groups is 1. The number of hydrogen-bond acceptors (Lipinski definition) is 3. The third-order valence-electron chi connectivity index (χ3n) is 6.80. The molecule has 4 heteroatoms. The lowest BCUT2D eigenvalue weighted by atomic mass is 9.65. The van der Waals surface area contributed by atoms with Gasteiger partial charge in [0.1, 0.15) is 6.10 Å². The van der Waals surface area contributed by atoms with Crippen molar-refractivity contribution in [2.45, 2.75) is 51.2 Å².